The average molecular weight is 244 g/mol. The normalized spacial score (nSPS) is 20.5. The molecule has 0 aromatic heterocycles. The van der Waals surface area contributed by atoms with E-state index in [9.17, 15) is 4.79 Å². The maximum absolute atomic E-state index is 12.5. The van der Waals surface area contributed by atoms with Gasteiger partial charge in [-0.3, -0.25) is 9.79 Å². The first-order valence-electron chi connectivity index (χ1n) is 6.63. The quantitative estimate of drug-likeness (QED) is 0.803. The molecular formula is C15H20N2O. The fraction of sp³-hybridized carbons (Fsp3) is 0.467. The molecule has 1 amide bonds. The molecule has 2 unspecified atom stereocenters. The van der Waals surface area contributed by atoms with Gasteiger partial charge in [0.2, 0.25) is 0 Å². The first kappa shape index (κ1) is 12.8. The highest BCUT2D eigenvalue weighted by Crippen LogP contribution is 2.26. The summed E-state index contributed by atoms with van der Waals surface area (Å²) >= 11 is 0. The Kier molecular flexibility index (Phi) is 3.80. The van der Waals surface area contributed by atoms with E-state index in [0.717, 1.165) is 12.1 Å². The summed E-state index contributed by atoms with van der Waals surface area (Å²) in [6.45, 7) is 7.06. The highest BCUT2D eigenvalue weighted by molar-refractivity contribution is 6.02. The van der Waals surface area contributed by atoms with Crippen LogP contribution in [0.1, 0.15) is 37.6 Å². The van der Waals surface area contributed by atoms with Crippen LogP contribution in [0.15, 0.2) is 29.3 Å². The standard InChI is InChI=1S/C15H20N2O/c1-4-11(3)14-10-16-13-9-7-6-8-12(13)15(18)17(14)5-2/h6-11,14H,4-5H2,1-3H3. The molecular weight excluding hydrogens is 224 g/mol. The molecule has 96 valence electrons. The van der Waals surface area contributed by atoms with Gasteiger partial charge in [0.15, 0.2) is 0 Å². The van der Waals surface area contributed by atoms with Gasteiger partial charge in [-0.1, -0.05) is 32.4 Å². The monoisotopic (exact) mass is 244 g/mol. The van der Waals surface area contributed by atoms with Gasteiger partial charge < -0.3 is 4.90 Å². The first-order valence-corrected chi connectivity index (χ1v) is 6.63. The minimum absolute atomic E-state index is 0.0934. The lowest BCUT2D eigenvalue weighted by molar-refractivity contribution is 0.0704. The van der Waals surface area contributed by atoms with Crippen LogP contribution in [0, 0.1) is 5.92 Å². The minimum atomic E-state index is 0.0934. The van der Waals surface area contributed by atoms with Crippen LogP contribution in [0.5, 0.6) is 0 Å². The Morgan fingerprint density at radius 3 is 2.72 bits per heavy atom. The number of nitrogens with zero attached hydrogens (tertiary/aromatic N) is 2. The lowest BCUT2D eigenvalue weighted by Crippen LogP contribution is -2.44. The number of aliphatic imine (C=N–C) groups is 1. The third kappa shape index (κ3) is 2.17. The lowest BCUT2D eigenvalue weighted by atomic mass is 9.98. The summed E-state index contributed by atoms with van der Waals surface area (Å²) in [5.41, 5.74) is 1.49. The van der Waals surface area contributed by atoms with Gasteiger partial charge >= 0.3 is 0 Å². The van der Waals surface area contributed by atoms with Gasteiger partial charge in [0.25, 0.3) is 5.91 Å². The summed E-state index contributed by atoms with van der Waals surface area (Å²) in [4.78, 5) is 19.0. The van der Waals surface area contributed by atoms with Gasteiger partial charge in [-0.25, -0.2) is 0 Å². The molecule has 18 heavy (non-hydrogen) atoms. The second-order valence-corrected chi connectivity index (χ2v) is 4.76. The summed E-state index contributed by atoms with van der Waals surface area (Å²) in [7, 11) is 0. The Morgan fingerprint density at radius 2 is 2.06 bits per heavy atom. The van der Waals surface area contributed by atoms with E-state index >= 15 is 0 Å². The fourth-order valence-electron chi connectivity index (χ4n) is 2.34. The van der Waals surface area contributed by atoms with Gasteiger partial charge in [0.1, 0.15) is 0 Å². The molecule has 0 radical (unpaired) electrons. The predicted molar refractivity (Wildman–Crippen MR) is 74.5 cm³/mol. The largest absolute Gasteiger partial charge is 0.331 e. The van der Waals surface area contributed by atoms with E-state index in [-0.39, 0.29) is 11.9 Å². The third-order valence-electron chi connectivity index (χ3n) is 3.69. The number of benzene rings is 1. The van der Waals surface area contributed by atoms with Gasteiger partial charge in [0.05, 0.1) is 17.3 Å². The molecule has 1 aromatic rings. The average Bonchev–Trinajstić information content (AvgIpc) is 2.55. The SMILES string of the molecule is CCC(C)C1C=Nc2ccccc2C(=O)N1CC. The van der Waals surface area contributed by atoms with Crippen molar-refractivity contribution in [3.05, 3.63) is 29.8 Å². The van der Waals surface area contributed by atoms with Gasteiger partial charge in [0, 0.05) is 12.8 Å². The van der Waals surface area contributed by atoms with E-state index in [4.69, 9.17) is 0 Å². The second kappa shape index (κ2) is 5.34. The summed E-state index contributed by atoms with van der Waals surface area (Å²) < 4.78 is 0. The molecule has 2 rings (SSSR count). The maximum Gasteiger partial charge on any atom is 0.256 e. The molecule has 0 saturated heterocycles. The van der Waals surface area contributed by atoms with E-state index in [2.05, 4.69) is 18.8 Å². The van der Waals surface area contributed by atoms with Crippen LogP contribution in [0.25, 0.3) is 0 Å². The van der Waals surface area contributed by atoms with Crippen molar-refractivity contribution in [3.8, 4) is 0 Å². The fourth-order valence-corrected chi connectivity index (χ4v) is 2.34. The zero-order valence-corrected chi connectivity index (χ0v) is 11.3. The van der Waals surface area contributed by atoms with Gasteiger partial charge in [-0.05, 0) is 25.0 Å². The Hall–Kier alpha value is -1.64. The van der Waals surface area contributed by atoms with E-state index in [1.807, 2.05) is 42.3 Å². The van der Waals surface area contributed by atoms with Gasteiger partial charge in [-0.2, -0.15) is 0 Å². The number of hydrogen-bond acceptors (Lipinski definition) is 2. The van der Waals surface area contributed by atoms with Gasteiger partial charge in [-0.15, -0.1) is 0 Å². The molecule has 0 N–H and O–H groups in total. The van der Waals surface area contributed by atoms with Crippen LogP contribution < -0.4 is 0 Å². The number of rotatable bonds is 3. The summed E-state index contributed by atoms with van der Waals surface area (Å²) in [5, 5.41) is 0. The number of hydrogen-bond donors (Lipinski definition) is 0. The highest BCUT2D eigenvalue weighted by Gasteiger charge is 2.29. The number of carbonyl (C=O) groups is 1. The van der Waals surface area contributed by atoms with Crippen molar-refractivity contribution in [1.82, 2.24) is 4.90 Å². The van der Waals surface area contributed by atoms with Crippen molar-refractivity contribution in [2.75, 3.05) is 6.54 Å². The zero-order chi connectivity index (χ0) is 13.1. The Bertz CT molecular complexity index is 467. The maximum atomic E-state index is 12.5. The zero-order valence-electron chi connectivity index (χ0n) is 11.3. The van der Waals surface area contributed by atoms with Crippen LogP contribution in [0.4, 0.5) is 5.69 Å². The van der Waals surface area contributed by atoms with Crippen molar-refractivity contribution < 1.29 is 4.79 Å². The van der Waals surface area contributed by atoms with Crippen LogP contribution in [0.3, 0.4) is 0 Å². The van der Waals surface area contributed by atoms with Crippen LogP contribution in [0.2, 0.25) is 0 Å². The van der Waals surface area contributed by atoms with Crippen LogP contribution in [-0.4, -0.2) is 29.6 Å². The third-order valence-corrected chi connectivity index (χ3v) is 3.69. The van der Waals surface area contributed by atoms with Crippen molar-refractivity contribution in [2.24, 2.45) is 10.9 Å². The number of fused-ring (bicyclic) bond motifs is 1. The van der Waals surface area contributed by atoms with Crippen LogP contribution >= 0.6 is 0 Å². The van der Waals surface area contributed by atoms with Crippen LogP contribution in [-0.2, 0) is 0 Å². The summed E-state index contributed by atoms with van der Waals surface area (Å²) in [6, 6.07) is 7.67. The lowest BCUT2D eigenvalue weighted by Gasteiger charge is -2.31. The molecule has 0 saturated carbocycles. The van der Waals surface area contributed by atoms with E-state index in [1.54, 1.807) is 0 Å². The molecule has 1 aliphatic heterocycles. The van der Waals surface area contributed by atoms with Crippen molar-refractivity contribution in [3.63, 3.8) is 0 Å². The second-order valence-electron chi connectivity index (χ2n) is 4.76. The Morgan fingerprint density at radius 1 is 1.33 bits per heavy atom. The molecule has 1 aromatic carbocycles. The van der Waals surface area contributed by atoms with E-state index in [1.165, 1.54) is 0 Å². The molecule has 0 fully saturated rings. The molecule has 2 atom stereocenters. The highest BCUT2D eigenvalue weighted by atomic mass is 16.2. The van der Waals surface area contributed by atoms with E-state index in [0.29, 0.717) is 18.0 Å². The van der Waals surface area contributed by atoms with Crippen molar-refractivity contribution in [2.45, 2.75) is 33.2 Å². The van der Waals surface area contributed by atoms with Crippen molar-refractivity contribution in [1.29, 1.82) is 0 Å². The molecule has 0 spiro atoms. The first-order chi connectivity index (χ1) is 8.69. The molecule has 0 aliphatic carbocycles. The molecule has 3 heteroatoms. The molecule has 1 aliphatic rings. The number of carbonyl (C=O) groups excluding carboxylic acids is 1. The summed E-state index contributed by atoms with van der Waals surface area (Å²) in [6.07, 6.45) is 2.97. The Balaban J connectivity index is 2.44. The predicted octanol–water partition coefficient (Wildman–Crippen LogP) is 3.28. The topological polar surface area (TPSA) is 32.7 Å². The minimum Gasteiger partial charge on any atom is -0.331 e. The summed E-state index contributed by atoms with van der Waals surface area (Å²) in [5.74, 6) is 0.517. The molecule has 0 bridgehead atoms. The smallest absolute Gasteiger partial charge is 0.256 e. The Labute approximate surface area is 109 Å². The number of amides is 1. The molecule has 3 nitrogen and oxygen atoms in total. The van der Waals surface area contributed by atoms with Crippen molar-refractivity contribution >= 4 is 17.8 Å². The number of para-hydroxylation sites is 1. The molecule has 1 heterocycles. The van der Waals surface area contributed by atoms with E-state index < -0.39 is 0 Å².